The van der Waals surface area contributed by atoms with Crippen molar-refractivity contribution >= 4 is 27.4 Å². The number of fused-ring (bicyclic) bond motifs is 1. The predicted octanol–water partition coefficient (Wildman–Crippen LogP) is 2.40. The molecule has 0 spiro atoms. The number of nitrogens with one attached hydrogen (secondary N) is 1. The Kier molecular flexibility index (Phi) is 2.85. The van der Waals surface area contributed by atoms with Crippen LogP contribution in [-0.4, -0.2) is 19.9 Å². The molecule has 3 heterocycles. The molecule has 0 aliphatic heterocycles. The summed E-state index contributed by atoms with van der Waals surface area (Å²) in [6.45, 7) is 2.53. The number of thiophene rings is 1. The van der Waals surface area contributed by atoms with Crippen molar-refractivity contribution in [2.75, 3.05) is 5.32 Å². The van der Waals surface area contributed by atoms with Crippen LogP contribution in [0, 0.1) is 6.92 Å². The molecule has 0 saturated carbocycles. The summed E-state index contributed by atoms with van der Waals surface area (Å²) in [6, 6.07) is 1.98. The number of aryl methyl sites for hydroxylation is 1. The van der Waals surface area contributed by atoms with E-state index in [0.29, 0.717) is 6.54 Å². The number of nitrogens with zero attached hydrogens (tertiary/aromatic N) is 4. The number of rotatable bonds is 3. The van der Waals surface area contributed by atoms with Crippen LogP contribution < -0.4 is 5.32 Å². The molecule has 1 N–H and O–H groups in total. The van der Waals surface area contributed by atoms with Gasteiger partial charge in [0, 0.05) is 6.20 Å². The SMILES string of the molecule is Cc1cnc(CNc2ncnc3ccsc23)cn1. The lowest BCUT2D eigenvalue weighted by Crippen LogP contribution is -2.04. The highest BCUT2D eigenvalue weighted by molar-refractivity contribution is 7.17. The van der Waals surface area contributed by atoms with Gasteiger partial charge in [-0.3, -0.25) is 9.97 Å². The quantitative estimate of drug-likeness (QED) is 0.780. The molecule has 0 radical (unpaired) electrons. The summed E-state index contributed by atoms with van der Waals surface area (Å²) < 4.78 is 1.07. The maximum absolute atomic E-state index is 4.30. The Morgan fingerprint density at radius 1 is 1.17 bits per heavy atom. The first-order chi connectivity index (χ1) is 8.83. The first-order valence-electron chi connectivity index (χ1n) is 5.52. The largest absolute Gasteiger partial charge is 0.363 e. The summed E-state index contributed by atoms with van der Waals surface area (Å²) in [6.07, 6.45) is 5.10. The third-order valence-electron chi connectivity index (χ3n) is 2.51. The molecule has 3 aromatic heterocycles. The summed E-state index contributed by atoms with van der Waals surface area (Å²) in [4.78, 5) is 17.0. The highest BCUT2D eigenvalue weighted by Crippen LogP contribution is 2.24. The summed E-state index contributed by atoms with van der Waals surface area (Å²) in [7, 11) is 0. The van der Waals surface area contributed by atoms with E-state index in [2.05, 4.69) is 25.3 Å². The van der Waals surface area contributed by atoms with Gasteiger partial charge in [0.1, 0.15) is 12.1 Å². The van der Waals surface area contributed by atoms with E-state index in [1.807, 2.05) is 18.4 Å². The van der Waals surface area contributed by atoms with Gasteiger partial charge in [-0.15, -0.1) is 11.3 Å². The van der Waals surface area contributed by atoms with E-state index < -0.39 is 0 Å². The zero-order valence-corrected chi connectivity index (χ0v) is 10.6. The minimum Gasteiger partial charge on any atom is -0.363 e. The first kappa shape index (κ1) is 11.0. The monoisotopic (exact) mass is 257 g/mol. The van der Waals surface area contributed by atoms with E-state index >= 15 is 0 Å². The van der Waals surface area contributed by atoms with Crippen molar-refractivity contribution < 1.29 is 0 Å². The average molecular weight is 257 g/mol. The third-order valence-corrected chi connectivity index (χ3v) is 3.42. The lowest BCUT2D eigenvalue weighted by atomic mass is 10.4. The van der Waals surface area contributed by atoms with Crippen LogP contribution in [0.3, 0.4) is 0 Å². The molecule has 0 amide bonds. The van der Waals surface area contributed by atoms with Gasteiger partial charge >= 0.3 is 0 Å². The molecule has 6 heteroatoms. The minimum atomic E-state index is 0.608. The van der Waals surface area contributed by atoms with Gasteiger partial charge in [-0.2, -0.15) is 0 Å². The molecule has 0 aromatic carbocycles. The van der Waals surface area contributed by atoms with E-state index in [-0.39, 0.29) is 0 Å². The minimum absolute atomic E-state index is 0.608. The molecule has 0 aliphatic carbocycles. The summed E-state index contributed by atoms with van der Waals surface area (Å²) >= 11 is 1.63. The van der Waals surface area contributed by atoms with Crippen molar-refractivity contribution in [3.05, 3.63) is 41.6 Å². The van der Waals surface area contributed by atoms with Gasteiger partial charge in [-0.05, 0) is 18.4 Å². The molecule has 90 valence electrons. The smallest absolute Gasteiger partial charge is 0.147 e. The van der Waals surface area contributed by atoms with Crippen molar-refractivity contribution in [2.45, 2.75) is 13.5 Å². The molecular formula is C12H11N5S. The molecule has 0 fully saturated rings. The second kappa shape index (κ2) is 4.66. The van der Waals surface area contributed by atoms with Crippen LogP contribution in [-0.2, 0) is 6.54 Å². The lowest BCUT2D eigenvalue weighted by Gasteiger charge is -2.05. The Balaban J connectivity index is 1.80. The highest BCUT2D eigenvalue weighted by Gasteiger charge is 2.04. The van der Waals surface area contributed by atoms with Crippen molar-refractivity contribution in [3.8, 4) is 0 Å². The maximum Gasteiger partial charge on any atom is 0.147 e. The van der Waals surface area contributed by atoms with Crippen molar-refractivity contribution in [1.82, 2.24) is 19.9 Å². The van der Waals surface area contributed by atoms with Gasteiger partial charge in [0.05, 0.1) is 34.3 Å². The fourth-order valence-corrected chi connectivity index (χ4v) is 2.41. The molecule has 0 aliphatic rings. The molecular weight excluding hydrogens is 246 g/mol. The number of hydrogen-bond donors (Lipinski definition) is 1. The van der Waals surface area contributed by atoms with Gasteiger partial charge in [-0.25, -0.2) is 9.97 Å². The number of anilines is 1. The molecule has 5 nitrogen and oxygen atoms in total. The van der Waals surface area contributed by atoms with Crippen LogP contribution >= 0.6 is 11.3 Å². The zero-order chi connectivity index (χ0) is 12.4. The second-order valence-electron chi connectivity index (χ2n) is 3.86. The molecule has 0 saturated heterocycles. The van der Waals surface area contributed by atoms with E-state index in [9.17, 15) is 0 Å². The highest BCUT2D eigenvalue weighted by atomic mass is 32.1. The maximum atomic E-state index is 4.30. The molecule has 3 aromatic rings. The van der Waals surface area contributed by atoms with E-state index in [1.165, 1.54) is 0 Å². The van der Waals surface area contributed by atoms with Crippen LogP contribution in [0.1, 0.15) is 11.4 Å². The number of aromatic nitrogens is 4. The average Bonchev–Trinajstić information content (AvgIpc) is 2.87. The summed E-state index contributed by atoms with van der Waals surface area (Å²) in [5, 5.41) is 5.28. The van der Waals surface area contributed by atoms with E-state index in [1.54, 1.807) is 30.1 Å². The van der Waals surface area contributed by atoms with Gasteiger partial charge < -0.3 is 5.32 Å². The number of hydrogen-bond acceptors (Lipinski definition) is 6. The topological polar surface area (TPSA) is 63.6 Å². The van der Waals surface area contributed by atoms with E-state index in [0.717, 1.165) is 27.4 Å². The van der Waals surface area contributed by atoms with Crippen LogP contribution in [0.25, 0.3) is 10.2 Å². The molecule has 0 atom stereocenters. The Labute approximate surface area is 108 Å². The van der Waals surface area contributed by atoms with Crippen LogP contribution in [0.4, 0.5) is 5.82 Å². The van der Waals surface area contributed by atoms with Crippen LogP contribution in [0.15, 0.2) is 30.2 Å². The Hall–Kier alpha value is -2.08. The molecule has 18 heavy (non-hydrogen) atoms. The molecule has 0 unspecified atom stereocenters. The Morgan fingerprint density at radius 3 is 2.94 bits per heavy atom. The zero-order valence-electron chi connectivity index (χ0n) is 9.79. The van der Waals surface area contributed by atoms with Crippen molar-refractivity contribution in [1.29, 1.82) is 0 Å². The molecule has 0 bridgehead atoms. The Morgan fingerprint density at radius 2 is 2.11 bits per heavy atom. The van der Waals surface area contributed by atoms with Gasteiger partial charge in [0.2, 0.25) is 0 Å². The van der Waals surface area contributed by atoms with Crippen LogP contribution in [0.2, 0.25) is 0 Å². The lowest BCUT2D eigenvalue weighted by molar-refractivity contribution is 0.977. The second-order valence-corrected chi connectivity index (χ2v) is 4.78. The fourth-order valence-electron chi connectivity index (χ4n) is 1.60. The van der Waals surface area contributed by atoms with Gasteiger partial charge in [0.15, 0.2) is 0 Å². The Bertz CT molecular complexity index is 662. The van der Waals surface area contributed by atoms with Crippen LogP contribution in [0.5, 0.6) is 0 Å². The first-order valence-corrected chi connectivity index (χ1v) is 6.40. The standard InChI is InChI=1S/C12H11N5S/c1-8-4-14-9(5-13-8)6-15-12-11-10(2-3-18-11)16-7-17-12/h2-5,7H,6H2,1H3,(H,15,16,17). The third kappa shape index (κ3) is 2.14. The normalized spacial score (nSPS) is 10.7. The summed E-state index contributed by atoms with van der Waals surface area (Å²) in [5.74, 6) is 0.845. The van der Waals surface area contributed by atoms with Crippen molar-refractivity contribution in [3.63, 3.8) is 0 Å². The van der Waals surface area contributed by atoms with Gasteiger partial charge in [-0.1, -0.05) is 0 Å². The predicted molar refractivity (Wildman–Crippen MR) is 71.5 cm³/mol. The van der Waals surface area contributed by atoms with E-state index in [4.69, 9.17) is 0 Å². The summed E-state index contributed by atoms with van der Waals surface area (Å²) in [5.41, 5.74) is 2.78. The van der Waals surface area contributed by atoms with Gasteiger partial charge in [0.25, 0.3) is 0 Å². The fraction of sp³-hybridized carbons (Fsp3) is 0.167. The molecule has 3 rings (SSSR count). The van der Waals surface area contributed by atoms with Crippen molar-refractivity contribution in [2.24, 2.45) is 0 Å².